The van der Waals surface area contributed by atoms with Gasteiger partial charge in [0.2, 0.25) is 0 Å². The standard InChI is InChI=1S/C14H18O.C2H4O2/c15-14-9-5-4-8-13(10-11-14)12-6-2-1-3-7-12;1-2(3)4/h1-3,6-8,14-15H,4-5,9-11H2;1H3,(H,3,4). The summed E-state index contributed by atoms with van der Waals surface area (Å²) in [6, 6.07) is 10.5. The van der Waals surface area contributed by atoms with Crippen LogP contribution in [0.25, 0.3) is 5.57 Å². The molecule has 3 heteroatoms. The Balaban J connectivity index is 0.000000399. The van der Waals surface area contributed by atoms with Crippen molar-refractivity contribution >= 4 is 11.5 Å². The Morgan fingerprint density at radius 1 is 1.21 bits per heavy atom. The van der Waals surface area contributed by atoms with E-state index in [1.807, 2.05) is 6.07 Å². The third-order valence-corrected chi connectivity index (χ3v) is 3.02. The molecule has 3 nitrogen and oxygen atoms in total. The Labute approximate surface area is 114 Å². The quantitative estimate of drug-likeness (QED) is 0.814. The van der Waals surface area contributed by atoms with Crippen LogP contribution in [0.2, 0.25) is 0 Å². The second kappa shape index (κ2) is 8.48. The zero-order chi connectivity index (χ0) is 14.1. The summed E-state index contributed by atoms with van der Waals surface area (Å²) in [6.07, 6.45) is 7.31. The predicted octanol–water partition coefficient (Wildman–Crippen LogP) is 3.49. The maximum absolute atomic E-state index is 9.65. The molecule has 0 amide bonds. The van der Waals surface area contributed by atoms with Gasteiger partial charge < -0.3 is 10.2 Å². The van der Waals surface area contributed by atoms with Crippen molar-refractivity contribution < 1.29 is 15.0 Å². The van der Waals surface area contributed by atoms with Gasteiger partial charge in [0.15, 0.2) is 0 Å². The smallest absolute Gasteiger partial charge is 0.300 e. The molecule has 0 saturated heterocycles. The first-order valence-electron chi connectivity index (χ1n) is 6.71. The number of aliphatic carboxylic acids is 1. The van der Waals surface area contributed by atoms with Gasteiger partial charge in [0, 0.05) is 6.92 Å². The zero-order valence-electron chi connectivity index (χ0n) is 11.4. The average molecular weight is 262 g/mol. The Kier molecular flexibility index (Phi) is 6.90. The SMILES string of the molecule is CC(=O)O.OC1CCCC=C(c2ccccc2)CC1. The second-order valence-electron chi connectivity index (χ2n) is 4.74. The maximum Gasteiger partial charge on any atom is 0.300 e. The van der Waals surface area contributed by atoms with Crippen LogP contribution >= 0.6 is 0 Å². The highest BCUT2D eigenvalue weighted by Crippen LogP contribution is 2.25. The number of carboxylic acid groups (broad SMARTS) is 1. The molecular formula is C16H22O3. The lowest BCUT2D eigenvalue weighted by Crippen LogP contribution is -2.08. The van der Waals surface area contributed by atoms with E-state index >= 15 is 0 Å². The highest BCUT2D eigenvalue weighted by molar-refractivity contribution is 5.65. The van der Waals surface area contributed by atoms with Crippen LogP contribution in [-0.2, 0) is 4.79 Å². The highest BCUT2D eigenvalue weighted by Gasteiger charge is 2.09. The number of benzene rings is 1. The minimum absolute atomic E-state index is 0.0996. The van der Waals surface area contributed by atoms with Gasteiger partial charge in [-0.15, -0.1) is 0 Å². The number of carboxylic acids is 1. The molecule has 1 aliphatic rings. The third kappa shape index (κ3) is 6.77. The molecule has 1 aliphatic carbocycles. The van der Waals surface area contributed by atoms with E-state index in [0.717, 1.165) is 39.0 Å². The van der Waals surface area contributed by atoms with Gasteiger partial charge in [-0.2, -0.15) is 0 Å². The van der Waals surface area contributed by atoms with E-state index in [4.69, 9.17) is 9.90 Å². The summed E-state index contributed by atoms with van der Waals surface area (Å²) < 4.78 is 0. The molecule has 0 heterocycles. The molecule has 0 bridgehead atoms. The van der Waals surface area contributed by atoms with Crippen molar-refractivity contribution in [3.8, 4) is 0 Å². The lowest BCUT2D eigenvalue weighted by Gasteiger charge is -2.15. The molecule has 19 heavy (non-hydrogen) atoms. The molecule has 0 saturated carbocycles. The normalized spacial score (nSPS) is 19.3. The summed E-state index contributed by atoms with van der Waals surface area (Å²) in [5.41, 5.74) is 2.71. The minimum atomic E-state index is -0.833. The van der Waals surface area contributed by atoms with Crippen LogP contribution in [0, 0.1) is 0 Å². The van der Waals surface area contributed by atoms with Crippen molar-refractivity contribution in [3.05, 3.63) is 42.0 Å². The van der Waals surface area contributed by atoms with Crippen molar-refractivity contribution in [3.63, 3.8) is 0 Å². The zero-order valence-corrected chi connectivity index (χ0v) is 11.4. The number of carbonyl (C=O) groups is 1. The fourth-order valence-corrected chi connectivity index (χ4v) is 2.11. The maximum atomic E-state index is 9.65. The van der Waals surface area contributed by atoms with Crippen LogP contribution in [0.1, 0.15) is 44.6 Å². The lowest BCUT2D eigenvalue weighted by atomic mass is 9.93. The van der Waals surface area contributed by atoms with Gasteiger partial charge in [0.25, 0.3) is 5.97 Å². The molecule has 1 unspecified atom stereocenters. The molecule has 0 aromatic heterocycles. The fourth-order valence-electron chi connectivity index (χ4n) is 2.11. The first-order chi connectivity index (χ1) is 9.09. The van der Waals surface area contributed by atoms with E-state index < -0.39 is 5.97 Å². The van der Waals surface area contributed by atoms with Crippen LogP contribution in [0.4, 0.5) is 0 Å². The van der Waals surface area contributed by atoms with Crippen molar-refractivity contribution in [2.75, 3.05) is 0 Å². The predicted molar refractivity (Wildman–Crippen MR) is 76.8 cm³/mol. The van der Waals surface area contributed by atoms with Gasteiger partial charge in [-0.25, -0.2) is 0 Å². The summed E-state index contributed by atoms with van der Waals surface area (Å²) in [7, 11) is 0. The largest absolute Gasteiger partial charge is 0.481 e. The summed E-state index contributed by atoms with van der Waals surface area (Å²) in [6.45, 7) is 1.08. The summed E-state index contributed by atoms with van der Waals surface area (Å²) >= 11 is 0. The monoisotopic (exact) mass is 262 g/mol. The van der Waals surface area contributed by atoms with E-state index in [2.05, 4.69) is 30.3 Å². The number of aliphatic hydroxyl groups is 1. The van der Waals surface area contributed by atoms with Gasteiger partial charge in [0.05, 0.1) is 6.10 Å². The van der Waals surface area contributed by atoms with E-state index in [9.17, 15) is 5.11 Å². The summed E-state index contributed by atoms with van der Waals surface area (Å²) in [5, 5.41) is 17.1. The van der Waals surface area contributed by atoms with Gasteiger partial charge in [-0.05, 0) is 43.2 Å². The molecule has 0 radical (unpaired) electrons. The van der Waals surface area contributed by atoms with Crippen LogP contribution in [0.3, 0.4) is 0 Å². The summed E-state index contributed by atoms with van der Waals surface area (Å²) in [5.74, 6) is -0.833. The third-order valence-electron chi connectivity index (χ3n) is 3.02. The molecule has 0 fully saturated rings. The molecular weight excluding hydrogens is 240 g/mol. The van der Waals surface area contributed by atoms with E-state index in [-0.39, 0.29) is 6.10 Å². The number of hydrogen-bond acceptors (Lipinski definition) is 2. The van der Waals surface area contributed by atoms with Crippen LogP contribution in [0.15, 0.2) is 36.4 Å². The van der Waals surface area contributed by atoms with E-state index in [1.165, 1.54) is 11.1 Å². The minimum Gasteiger partial charge on any atom is -0.481 e. The molecule has 1 aromatic rings. The van der Waals surface area contributed by atoms with Crippen LogP contribution in [-0.4, -0.2) is 22.3 Å². The van der Waals surface area contributed by atoms with Crippen molar-refractivity contribution in [1.82, 2.24) is 0 Å². The average Bonchev–Trinajstić information content (AvgIpc) is 2.35. The Bertz CT molecular complexity index is 405. The van der Waals surface area contributed by atoms with E-state index in [0.29, 0.717) is 0 Å². The molecule has 2 N–H and O–H groups in total. The Morgan fingerprint density at radius 2 is 1.84 bits per heavy atom. The number of allylic oxidation sites excluding steroid dienone is 2. The topological polar surface area (TPSA) is 57.5 Å². The first-order valence-corrected chi connectivity index (χ1v) is 6.71. The molecule has 1 atom stereocenters. The number of rotatable bonds is 1. The highest BCUT2D eigenvalue weighted by atomic mass is 16.4. The molecule has 104 valence electrons. The van der Waals surface area contributed by atoms with Crippen molar-refractivity contribution in [2.24, 2.45) is 0 Å². The Morgan fingerprint density at radius 3 is 2.47 bits per heavy atom. The summed E-state index contributed by atoms with van der Waals surface area (Å²) in [4.78, 5) is 9.00. The van der Waals surface area contributed by atoms with E-state index in [1.54, 1.807) is 0 Å². The molecule has 0 aliphatic heterocycles. The second-order valence-corrected chi connectivity index (χ2v) is 4.74. The number of aliphatic hydroxyl groups excluding tert-OH is 1. The first kappa shape index (κ1) is 15.4. The lowest BCUT2D eigenvalue weighted by molar-refractivity contribution is -0.134. The fraction of sp³-hybridized carbons (Fsp3) is 0.438. The van der Waals surface area contributed by atoms with Gasteiger partial charge in [0.1, 0.15) is 0 Å². The van der Waals surface area contributed by atoms with Gasteiger partial charge in [-0.1, -0.05) is 36.4 Å². The van der Waals surface area contributed by atoms with Crippen LogP contribution in [0.5, 0.6) is 0 Å². The molecule has 2 rings (SSSR count). The van der Waals surface area contributed by atoms with Crippen LogP contribution < -0.4 is 0 Å². The van der Waals surface area contributed by atoms with Crippen molar-refractivity contribution in [1.29, 1.82) is 0 Å². The van der Waals surface area contributed by atoms with Gasteiger partial charge >= 0.3 is 0 Å². The molecule has 1 aromatic carbocycles. The number of hydrogen-bond donors (Lipinski definition) is 2. The Hall–Kier alpha value is -1.61. The molecule has 0 spiro atoms. The van der Waals surface area contributed by atoms with Crippen molar-refractivity contribution in [2.45, 2.75) is 45.1 Å². The van der Waals surface area contributed by atoms with Gasteiger partial charge in [-0.3, -0.25) is 4.79 Å².